The number of aromatic hydroxyl groups is 3. The molecule has 2 aromatic rings. The second-order valence-electron chi connectivity index (χ2n) is 5.18. The molecule has 0 aliphatic heterocycles. The van der Waals surface area contributed by atoms with E-state index in [-0.39, 0.29) is 11.5 Å². The Morgan fingerprint density at radius 3 is 1.90 bits per heavy atom. The average Bonchev–Trinajstić information content (AvgIpc) is 2.52. The lowest BCUT2D eigenvalue weighted by atomic mass is 9.92. The molecule has 3 nitrogen and oxygen atoms in total. The number of hydrogen-bond acceptors (Lipinski definition) is 3. The van der Waals surface area contributed by atoms with Crippen molar-refractivity contribution >= 4 is 0 Å². The van der Waals surface area contributed by atoms with Crippen molar-refractivity contribution in [2.24, 2.45) is 0 Å². The number of rotatable bonds is 4. The summed E-state index contributed by atoms with van der Waals surface area (Å²) in [5.41, 5.74) is 4.40. The molecule has 2 rings (SSSR count). The van der Waals surface area contributed by atoms with Crippen LogP contribution in [0.5, 0.6) is 17.2 Å². The van der Waals surface area contributed by atoms with E-state index in [1.165, 1.54) is 5.56 Å². The van der Waals surface area contributed by atoms with Gasteiger partial charge in [-0.05, 0) is 47.6 Å². The number of aryl methyl sites for hydroxylation is 3. The van der Waals surface area contributed by atoms with Crippen molar-refractivity contribution in [3.8, 4) is 28.4 Å². The van der Waals surface area contributed by atoms with Crippen molar-refractivity contribution < 1.29 is 15.3 Å². The van der Waals surface area contributed by atoms with Gasteiger partial charge in [-0.25, -0.2) is 0 Å². The fourth-order valence-electron chi connectivity index (χ4n) is 2.58. The van der Waals surface area contributed by atoms with Gasteiger partial charge in [0.2, 0.25) is 5.75 Å². The first-order valence-corrected chi connectivity index (χ1v) is 7.42. The molecule has 21 heavy (non-hydrogen) atoms. The van der Waals surface area contributed by atoms with Crippen LogP contribution in [0.4, 0.5) is 0 Å². The largest absolute Gasteiger partial charge is 0.504 e. The number of hydrogen-bond donors (Lipinski definition) is 3. The minimum absolute atomic E-state index is 0.233. The Bertz CT molecular complexity index is 660. The van der Waals surface area contributed by atoms with Gasteiger partial charge in [-0.1, -0.05) is 39.0 Å². The van der Waals surface area contributed by atoms with E-state index in [0.717, 1.165) is 24.0 Å². The molecule has 3 heteroatoms. The molecular weight excluding hydrogens is 264 g/mol. The van der Waals surface area contributed by atoms with E-state index in [9.17, 15) is 15.3 Å². The van der Waals surface area contributed by atoms with Crippen LogP contribution in [0.3, 0.4) is 0 Å². The Morgan fingerprint density at radius 2 is 1.33 bits per heavy atom. The first-order valence-electron chi connectivity index (χ1n) is 7.42. The van der Waals surface area contributed by atoms with Gasteiger partial charge >= 0.3 is 0 Å². The molecule has 112 valence electrons. The summed E-state index contributed by atoms with van der Waals surface area (Å²) in [5.74, 6) is -0.926. The molecule has 0 spiro atoms. The zero-order valence-corrected chi connectivity index (χ0v) is 12.8. The molecule has 0 saturated heterocycles. The second kappa shape index (κ2) is 6.08. The first-order chi connectivity index (χ1) is 10.0. The normalized spacial score (nSPS) is 10.8. The highest BCUT2D eigenvalue weighted by Crippen LogP contribution is 2.45. The van der Waals surface area contributed by atoms with Gasteiger partial charge in [0.15, 0.2) is 11.5 Å². The number of phenolic OH excluding ortho intramolecular Hbond substituents is 3. The van der Waals surface area contributed by atoms with E-state index in [2.05, 4.69) is 26.0 Å². The summed E-state index contributed by atoms with van der Waals surface area (Å²) in [6.45, 7) is 6.04. The molecule has 0 radical (unpaired) electrons. The lowest BCUT2D eigenvalue weighted by Gasteiger charge is -2.15. The van der Waals surface area contributed by atoms with E-state index < -0.39 is 5.75 Å². The van der Waals surface area contributed by atoms with Crippen LogP contribution in [-0.2, 0) is 19.3 Å². The van der Waals surface area contributed by atoms with Crippen LogP contribution < -0.4 is 0 Å². The summed E-state index contributed by atoms with van der Waals surface area (Å²) in [5, 5.41) is 30.0. The Morgan fingerprint density at radius 1 is 0.667 bits per heavy atom. The molecule has 0 saturated carbocycles. The SMILES string of the molecule is CCc1ccc(CC)c(-c2cc(CC)c(O)c(O)c2O)c1. The van der Waals surface area contributed by atoms with E-state index in [0.29, 0.717) is 17.5 Å². The van der Waals surface area contributed by atoms with Gasteiger partial charge in [-0.3, -0.25) is 0 Å². The van der Waals surface area contributed by atoms with Crippen molar-refractivity contribution in [1.82, 2.24) is 0 Å². The van der Waals surface area contributed by atoms with Crippen LogP contribution in [0, 0.1) is 0 Å². The fourth-order valence-corrected chi connectivity index (χ4v) is 2.58. The second-order valence-corrected chi connectivity index (χ2v) is 5.18. The van der Waals surface area contributed by atoms with E-state index >= 15 is 0 Å². The van der Waals surface area contributed by atoms with Crippen LogP contribution in [0.15, 0.2) is 24.3 Å². The lowest BCUT2D eigenvalue weighted by Crippen LogP contribution is -1.93. The predicted molar refractivity (Wildman–Crippen MR) is 85.0 cm³/mol. The maximum absolute atomic E-state index is 10.2. The van der Waals surface area contributed by atoms with E-state index in [1.54, 1.807) is 6.07 Å². The maximum Gasteiger partial charge on any atom is 0.201 e. The highest BCUT2D eigenvalue weighted by atomic mass is 16.3. The van der Waals surface area contributed by atoms with Crippen LogP contribution in [0.1, 0.15) is 37.5 Å². The number of benzene rings is 2. The third-order valence-corrected chi connectivity index (χ3v) is 3.96. The van der Waals surface area contributed by atoms with Gasteiger partial charge in [-0.2, -0.15) is 0 Å². The zero-order valence-electron chi connectivity index (χ0n) is 12.8. The van der Waals surface area contributed by atoms with Crippen molar-refractivity contribution in [2.75, 3.05) is 0 Å². The van der Waals surface area contributed by atoms with Gasteiger partial charge in [0, 0.05) is 5.56 Å². The van der Waals surface area contributed by atoms with Crippen LogP contribution in [-0.4, -0.2) is 15.3 Å². The quantitative estimate of drug-likeness (QED) is 0.740. The van der Waals surface area contributed by atoms with Gasteiger partial charge in [-0.15, -0.1) is 0 Å². The molecule has 0 aliphatic carbocycles. The molecule has 0 unspecified atom stereocenters. The van der Waals surface area contributed by atoms with E-state index in [4.69, 9.17) is 0 Å². The van der Waals surface area contributed by atoms with E-state index in [1.807, 2.05) is 13.0 Å². The van der Waals surface area contributed by atoms with Crippen LogP contribution in [0.2, 0.25) is 0 Å². The standard InChI is InChI=1S/C18H22O3/c1-4-11-7-8-12(5-2)14(9-11)15-10-13(6-3)16(19)18(21)17(15)20/h7-10,19-21H,4-6H2,1-3H3. The zero-order chi connectivity index (χ0) is 15.6. The molecule has 0 amide bonds. The van der Waals surface area contributed by atoms with Gasteiger partial charge in [0.05, 0.1) is 0 Å². The third kappa shape index (κ3) is 2.68. The minimum Gasteiger partial charge on any atom is -0.504 e. The summed E-state index contributed by atoms with van der Waals surface area (Å²) in [4.78, 5) is 0. The van der Waals surface area contributed by atoms with Gasteiger partial charge < -0.3 is 15.3 Å². The van der Waals surface area contributed by atoms with Crippen LogP contribution in [0.25, 0.3) is 11.1 Å². The lowest BCUT2D eigenvalue weighted by molar-refractivity contribution is 0.366. The molecule has 3 N–H and O–H groups in total. The Balaban J connectivity index is 2.74. The van der Waals surface area contributed by atoms with Crippen molar-refractivity contribution in [1.29, 1.82) is 0 Å². The van der Waals surface area contributed by atoms with Crippen LogP contribution >= 0.6 is 0 Å². The molecular formula is C18H22O3. The minimum atomic E-state index is -0.437. The summed E-state index contributed by atoms with van der Waals surface area (Å²) in [6.07, 6.45) is 2.33. The fraction of sp³-hybridized carbons (Fsp3) is 0.333. The van der Waals surface area contributed by atoms with Gasteiger partial charge in [0.25, 0.3) is 0 Å². The summed E-state index contributed by atoms with van der Waals surface area (Å²) >= 11 is 0. The Kier molecular flexibility index (Phi) is 4.41. The molecule has 0 fully saturated rings. The summed E-state index contributed by atoms with van der Waals surface area (Å²) in [7, 11) is 0. The third-order valence-electron chi connectivity index (χ3n) is 3.96. The highest BCUT2D eigenvalue weighted by molar-refractivity contribution is 5.79. The van der Waals surface area contributed by atoms with Crippen molar-refractivity contribution in [2.45, 2.75) is 40.0 Å². The molecule has 2 aromatic carbocycles. The topological polar surface area (TPSA) is 60.7 Å². The molecule has 0 heterocycles. The Hall–Kier alpha value is -2.16. The Labute approximate surface area is 125 Å². The maximum atomic E-state index is 10.2. The molecule has 0 aliphatic rings. The molecule has 0 aromatic heterocycles. The average molecular weight is 286 g/mol. The van der Waals surface area contributed by atoms with Crippen molar-refractivity contribution in [3.63, 3.8) is 0 Å². The monoisotopic (exact) mass is 286 g/mol. The highest BCUT2D eigenvalue weighted by Gasteiger charge is 2.18. The number of phenols is 3. The summed E-state index contributed by atoms with van der Waals surface area (Å²) in [6, 6.07) is 7.95. The predicted octanol–water partition coefficient (Wildman–Crippen LogP) is 4.16. The van der Waals surface area contributed by atoms with Crippen molar-refractivity contribution in [3.05, 3.63) is 41.0 Å². The summed E-state index contributed by atoms with van der Waals surface area (Å²) < 4.78 is 0. The first kappa shape index (κ1) is 15.2. The smallest absolute Gasteiger partial charge is 0.201 e. The molecule has 0 atom stereocenters. The molecule has 0 bridgehead atoms. The van der Waals surface area contributed by atoms with Gasteiger partial charge in [0.1, 0.15) is 0 Å².